The molecule has 10 heteroatoms. The minimum absolute atomic E-state index is 0.151. The molecule has 6 rings (SSSR count). The van der Waals surface area contributed by atoms with Gasteiger partial charge in [-0.1, -0.05) is 121 Å². The summed E-state index contributed by atoms with van der Waals surface area (Å²) in [4.78, 5) is 11.3. The van der Waals surface area contributed by atoms with E-state index in [4.69, 9.17) is 37.9 Å². The zero-order chi connectivity index (χ0) is 38.2. The summed E-state index contributed by atoms with van der Waals surface area (Å²) < 4.78 is 51.7. The van der Waals surface area contributed by atoms with Crippen molar-refractivity contribution in [2.24, 2.45) is 0 Å². The molecule has 1 aliphatic rings. The van der Waals surface area contributed by atoms with Crippen LogP contribution in [0.3, 0.4) is 0 Å². The van der Waals surface area contributed by atoms with Gasteiger partial charge in [0.15, 0.2) is 11.5 Å². The lowest BCUT2D eigenvalue weighted by atomic mass is 9.97. The second-order valence-corrected chi connectivity index (χ2v) is 12.9. The van der Waals surface area contributed by atoms with Gasteiger partial charge in [0.05, 0.1) is 47.3 Å². The summed E-state index contributed by atoms with van der Waals surface area (Å²) in [7, 11) is 2.99. The van der Waals surface area contributed by atoms with Gasteiger partial charge in [-0.15, -0.1) is 0 Å². The number of methoxy groups -OCH3 is 2. The minimum Gasteiger partial charge on any atom is -0.493 e. The predicted octanol–water partition coefficient (Wildman–Crippen LogP) is 7.88. The summed E-state index contributed by atoms with van der Waals surface area (Å²) in [6.45, 7) is 1.29. The molecule has 1 fully saturated rings. The number of rotatable bonds is 19. The third-order valence-corrected chi connectivity index (χ3v) is 8.98. The Bertz CT molecular complexity index is 1900. The second kappa shape index (κ2) is 20.3. The number of hydrogen-bond acceptors (Lipinski definition) is 9. The van der Waals surface area contributed by atoms with Crippen LogP contribution in [-0.4, -0.2) is 62.6 Å². The van der Waals surface area contributed by atoms with E-state index in [9.17, 15) is 9.90 Å². The maximum atomic E-state index is 11.3. The van der Waals surface area contributed by atoms with Gasteiger partial charge in [0, 0.05) is 6.08 Å². The molecule has 286 valence electrons. The van der Waals surface area contributed by atoms with Gasteiger partial charge in [-0.2, -0.15) is 0 Å². The van der Waals surface area contributed by atoms with E-state index in [0.29, 0.717) is 30.3 Å². The van der Waals surface area contributed by atoms with Crippen LogP contribution in [0.4, 0.5) is 0 Å². The van der Waals surface area contributed by atoms with Crippen molar-refractivity contribution >= 4 is 12.0 Å². The molecule has 0 saturated carbocycles. The van der Waals surface area contributed by atoms with Crippen LogP contribution in [0.5, 0.6) is 17.2 Å². The van der Waals surface area contributed by atoms with Crippen LogP contribution < -0.4 is 14.2 Å². The Morgan fingerprint density at radius 2 is 1.05 bits per heavy atom. The fraction of sp³-hybridized carbons (Fsp3) is 0.267. The monoisotopic (exact) mass is 746 g/mol. The van der Waals surface area contributed by atoms with Crippen LogP contribution in [0.15, 0.2) is 140 Å². The zero-order valence-corrected chi connectivity index (χ0v) is 30.9. The first-order chi connectivity index (χ1) is 27.0. The number of aliphatic carboxylic acids is 1. The Morgan fingerprint density at radius 3 is 1.51 bits per heavy atom. The van der Waals surface area contributed by atoms with Gasteiger partial charge in [0.1, 0.15) is 24.4 Å². The van der Waals surface area contributed by atoms with E-state index >= 15 is 0 Å². The van der Waals surface area contributed by atoms with Crippen molar-refractivity contribution in [3.05, 3.63) is 167 Å². The van der Waals surface area contributed by atoms with E-state index < -0.39 is 36.7 Å². The lowest BCUT2D eigenvalue weighted by molar-refractivity contribution is -0.310. The third kappa shape index (κ3) is 11.3. The molecule has 5 aromatic rings. The predicted molar refractivity (Wildman–Crippen MR) is 207 cm³/mol. The van der Waals surface area contributed by atoms with Crippen molar-refractivity contribution in [1.82, 2.24) is 0 Å². The van der Waals surface area contributed by atoms with Gasteiger partial charge in [-0.3, -0.25) is 0 Å². The topological polar surface area (TPSA) is 111 Å². The number of ether oxygens (including phenoxy) is 8. The number of benzene rings is 5. The van der Waals surface area contributed by atoms with Crippen molar-refractivity contribution in [3.8, 4) is 17.2 Å². The largest absolute Gasteiger partial charge is 0.493 e. The first-order valence-corrected chi connectivity index (χ1v) is 18.1. The molecule has 55 heavy (non-hydrogen) atoms. The molecule has 0 unspecified atom stereocenters. The van der Waals surface area contributed by atoms with Crippen molar-refractivity contribution < 1.29 is 47.8 Å². The molecule has 10 nitrogen and oxygen atoms in total. The highest BCUT2D eigenvalue weighted by molar-refractivity contribution is 5.85. The van der Waals surface area contributed by atoms with Crippen LogP contribution in [0.25, 0.3) is 6.08 Å². The molecule has 0 aliphatic carbocycles. The first-order valence-electron chi connectivity index (χ1n) is 18.1. The molecule has 1 aliphatic heterocycles. The van der Waals surface area contributed by atoms with E-state index in [-0.39, 0.29) is 25.6 Å². The fourth-order valence-electron chi connectivity index (χ4n) is 6.24. The number of hydrogen-bond donors (Lipinski definition) is 1. The molecule has 1 N–H and O–H groups in total. The van der Waals surface area contributed by atoms with E-state index in [1.54, 1.807) is 12.1 Å². The highest BCUT2D eigenvalue weighted by Gasteiger charge is 2.50. The Morgan fingerprint density at radius 1 is 0.618 bits per heavy atom. The van der Waals surface area contributed by atoms with Gasteiger partial charge >= 0.3 is 5.97 Å². The molecule has 0 aromatic heterocycles. The molecular weight excluding hydrogens is 700 g/mol. The van der Waals surface area contributed by atoms with Gasteiger partial charge in [0.25, 0.3) is 0 Å². The Balaban J connectivity index is 1.39. The summed E-state index contributed by atoms with van der Waals surface area (Å²) in [5.41, 5.74) is 4.46. The molecule has 1 saturated heterocycles. The zero-order valence-electron chi connectivity index (χ0n) is 30.9. The Labute approximate surface area is 321 Å². The lowest BCUT2D eigenvalue weighted by Gasteiger charge is -2.45. The maximum Gasteiger partial charge on any atom is 0.328 e. The number of carbonyl (C=O) groups is 1. The summed E-state index contributed by atoms with van der Waals surface area (Å²) in [6.07, 6.45) is -1.48. The van der Waals surface area contributed by atoms with Crippen LogP contribution >= 0.6 is 0 Å². The molecule has 0 radical (unpaired) electrons. The second-order valence-electron chi connectivity index (χ2n) is 12.9. The van der Waals surface area contributed by atoms with Crippen LogP contribution in [0.2, 0.25) is 0 Å². The lowest BCUT2D eigenvalue weighted by Crippen LogP contribution is -2.62. The quantitative estimate of drug-likeness (QED) is 0.0839. The fourth-order valence-corrected chi connectivity index (χ4v) is 6.24. The maximum absolute atomic E-state index is 11.3. The van der Waals surface area contributed by atoms with Crippen LogP contribution in [-0.2, 0) is 54.9 Å². The molecule has 5 aromatic carbocycles. The van der Waals surface area contributed by atoms with E-state index in [0.717, 1.165) is 28.3 Å². The van der Waals surface area contributed by atoms with Crippen molar-refractivity contribution in [2.75, 3.05) is 20.8 Å². The Kier molecular flexibility index (Phi) is 14.4. The average molecular weight is 747 g/mol. The van der Waals surface area contributed by atoms with Crippen molar-refractivity contribution in [1.29, 1.82) is 0 Å². The van der Waals surface area contributed by atoms with E-state index in [2.05, 4.69) is 0 Å². The standard InChI is InChI=1S/C45H46O10/c1-48-37-25-36(23-24-40(46)47)26-38(49-2)41(37)55-45-44(53-30-35-21-13-6-14-22-35)43(52-29-34-19-11-5-12-20-34)42(51-28-33-17-9-4-10-18-33)39(54-45)31-50-27-32-15-7-3-8-16-32/h3-26,39,42-45H,27-31H2,1-2H3,(H,46,47)/t39-,42-,43+,44-,45+/m1/s1. The molecule has 1 heterocycles. The Hall–Kier alpha value is -5.49. The molecular formula is C45H46O10. The highest BCUT2D eigenvalue weighted by Crippen LogP contribution is 2.42. The molecule has 0 spiro atoms. The van der Waals surface area contributed by atoms with Gasteiger partial charge in [0.2, 0.25) is 12.0 Å². The third-order valence-electron chi connectivity index (χ3n) is 8.98. The van der Waals surface area contributed by atoms with Gasteiger partial charge in [-0.25, -0.2) is 4.79 Å². The molecule has 0 amide bonds. The van der Waals surface area contributed by atoms with Crippen molar-refractivity contribution in [2.45, 2.75) is 57.1 Å². The minimum atomic E-state index is -1.08. The van der Waals surface area contributed by atoms with Gasteiger partial charge in [-0.05, 0) is 46.0 Å². The van der Waals surface area contributed by atoms with E-state index in [1.165, 1.54) is 20.3 Å². The van der Waals surface area contributed by atoms with Crippen LogP contribution in [0, 0.1) is 0 Å². The SMILES string of the molecule is COc1cc(C=CC(=O)O)cc(OC)c1O[C@@H]1O[C@H](COCc2ccccc2)[C@@H](OCc2ccccc2)[C@H](OCc2ccccc2)[C@H]1OCc1ccccc1. The molecule has 0 bridgehead atoms. The summed E-state index contributed by atoms with van der Waals surface area (Å²) in [6, 6.07) is 42.9. The average Bonchev–Trinajstić information content (AvgIpc) is 3.23. The molecule has 5 atom stereocenters. The van der Waals surface area contributed by atoms with Crippen molar-refractivity contribution in [3.63, 3.8) is 0 Å². The highest BCUT2D eigenvalue weighted by atomic mass is 16.7. The normalized spacial score (nSPS) is 19.6. The van der Waals surface area contributed by atoms with Gasteiger partial charge < -0.3 is 43.0 Å². The number of carboxylic acid groups (broad SMARTS) is 1. The van der Waals surface area contributed by atoms with E-state index in [1.807, 2.05) is 121 Å². The summed E-state index contributed by atoms with van der Waals surface area (Å²) >= 11 is 0. The smallest absolute Gasteiger partial charge is 0.328 e. The van der Waals surface area contributed by atoms with Crippen LogP contribution in [0.1, 0.15) is 27.8 Å². The summed E-state index contributed by atoms with van der Waals surface area (Å²) in [5.74, 6) is -0.240. The first kappa shape index (κ1) is 39.2. The number of carboxylic acids is 1. The summed E-state index contributed by atoms with van der Waals surface area (Å²) in [5, 5.41) is 9.24.